The SMILES string of the molecule is O=C(NC1CC1)c1cccc(NC(=O)c2cn(Cc3ccccc3)nc2-c2ccccc2)c1. The number of carbonyl (C=O) groups excluding carboxylic acids is 2. The van der Waals surface area contributed by atoms with E-state index in [0.717, 1.165) is 24.0 Å². The maximum absolute atomic E-state index is 13.3. The molecular weight excluding hydrogens is 412 g/mol. The van der Waals surface area contributed by atoms with E-state index in [2.05, 4.69) is 10.6 Å². The van der Waals surface area contributed by atoms with Crippen molar-refractivity contribution in [2.75, 3.05) is 5.32 Å². The van der Waals surface area contributed by atoms with E-state index >= 15 is 0 Å². The first-order valence-corrected chi connectivity index (χ1v) is 11.0. The Balaban J connectivity index is 1.41. The van der Waals surface area contributed by atoms with E-state index in [1.807, 2.05) is 60.7 Å². The summed E-state index contributed by atoms with van der Waals surface area (Å²) in [5.41, 5.74) is 4.16. The largest absolute Gasteiger partial charge is 0.349 e. The van der Waals surface area contributed by atoms with Crippen LogP contribution in [-0.4, -0.2) is 27.6 Å². The van der Waals surface area contributed by atoms with Crippen molar-refractivity contribution in [2.24, 2.45) is 0 Å². The standard InChI is InChI=1S/C27H24N4O2/c32-26(28-22-14-15-22)21-12-7-13-23(16-21)29-27(33)24-18-31(17-19-8-3-1-4-9-19)30-25(24)20-10-5-2-6-11-20/h1-13,16,18,22H,14-15,17H2,(H,28,32)(H,29,33). The molecule has 5 rings (SSSR count). The summed E-state index contributed by atoms with van der Waals surface area (Å²) < 4.78 is 1.78. The monoisotopic (exact) mass is 436 g/mol. The lowest BCUT2D eigenvalue weighted by atomic mass is 10.1. The van der Waals surface area contributed by atoms with Crippen molar-refractivity contribution in [3.8, 4) is 11.3 Å². The number of hydrogen-bond donors (Lipinski definition) is 2. The first kappa shape index (κ1) is 20.7. The zero-order valence-electron chi connectivity index (χ0n) is 18.1. The van der Waals surface area contributed by atoms with Crippen molar-refractivity contribution < 1.29 is 9.59 Å². The number of rotatable bonds is 7. The molecule has 3 aromatic carbocycles. The fourth-order valence-electron chi connectivity index (χ4n) is 3.68. The maximum atomic E-state index is 13.3. The molecule has 0 unspecified atom stereocenters. The summed E-state index contributed by atoms with van der Waals surface area (Å²) in [7, 11) is 0. The van der Waals surface area contributed by atoms with Gasteiger partial charge in [-0.1, -0.05) is 66.7 Å². The molecule has 1 aromatic heterocycles. The molecule has 164 valence electrons. The van der Waals surface area contributed by atoms with Gasteiger partial charge in [0.1, 0.15) is 5.69 Å². The minimum atomic E-state index is -0.270. The summed E-state index contributed by atoms with van der Waals surface area (Å²) in [6, 6.07) is 26.9. The zero-order chi connectivity index (χ0) is 22.6. The number of anilines is 1. The van der Waals surface area contributed by atoms with Crippen LogP contribution < -0.4 is 10.6 Å². The average Bonchev–Trinajstić information content (AvgIpc) is 3.56. The highest BCUT2D eigenvalue weighted by Gasteiger charge is 2.24. The Kier molecular flexibility index (Phi) is 5.72. The van der Waals surface area contributed by atoms with Gasteiger partial charge in [-0.05, 0) is 36.6 Å². The van der Waals surface area contributed by atoms with Gasteiger partial charge in [0.2, 0.25) is 0 Å². The number of nitrogens with zero attached hydrogens (tertiary/aromatic N) is 2. The van der Waals surface area contributed by atoms with Crippen LogP contribution in [0.4, 0.5) is 5.69 Å². The maximum Gasteiger partial charge on any atom is 0.259 e. The first-order valence-electron chi connectivity index (χ1n) is 11.0. The van der Waals surface area contributed by atoms with Crippen molar-refractivity contribution in [3.63, 3.8) is 0 Å². The minimum absolute atomic E-state index is 0.116. The highest BCUT2D eigenvalue weighted by Crippen LogP contribution is 2.24. The molecule has 2 amide bonds. The molecular formula is C27H24N4O2. The number of carbonyl (C=O) groups is 2. The molecule has 1 fully saturated rings. The van der Waals surface area contributed by atoms with Gasteiger partial charge in [-0.3, -0.25) is 14.3 Å². The lowest BCUT2D eigenvalue weighted by Crippen LogP contribution is -2.25. The number of amides is 2. The van der Waals surface area contributed by atoms with Crippen LogP contribution in [-0.2, 0) is 6.54 Å². The Morgan fingerprint density at radius 2 is 1.61 bits per heavy atom. The molecule has 33 heavy (non-hydrogen) atoms. The molecule has 4 aromatic rings. The third-order valence-corrected chi connectivity index (χ3v) is 5.54. The molecule has 0 radical (unpaired) electrons. The van der Waals surface area contributed by atoms with Crippen molar-refractivity contribution in [1.29, 1.82) is 0 Å². The quantitative estimate of drug-likeness (QED) is 0.439. The number of aromatic nitrogens is 2. The van der Waals surface area contributed by atoms with E-state index in [4.69, 9.17) is 5.10 Å². The van der Waals surface area contributed by atoms with E-state index < -0.39 is 0 Å². The summed E-state index contributed by atoms with van der Waals surface area (Å²) in [6.45, 7) is 0.560. The normalized spacial score (nSPS) is 12.8. The van der Waals surface area contributed by atoms with E-state index in [1.54, 1.807) is 35.1 Å². The van der Waals surface area contributed by atoms with Gasteiger partial charge in [-0.2, -0.15) is 5.10 Å². The fourth-order valence-corrected chi connectivity index (χ4v) is 3.68. The topological polar surface area (TPSA) is 76.0 Å². The Hall–Kier alpha value is -4.19. The lowest BCUT2D eigenvalue weighted by Gasteiger charge is -2.08. The van der Waals surface area contributed by atoms with Crippen molar-refractivity contribution in [1.82, 2.24) is 15.1 Å². The molecule has 0 saturated heterocycles. The second-order valence-electron chi connectivity index (χ2n) is 8.22. The van der Waals surface area contributed by atoms with Gasteiger partial charge in [0.25, 0.3) is 11.8 Å². The number of hydrogen-bond acceptors (Lipinski definition) is 3. The molecule has 1 aliphatic rings. The van der Waals surface area contributed by atoms with Crippen LogP contribution in [0.3, 0.4) is 0 Å². The predicted molar refractivity (Wildman–Crippen MR) is 128 cm³/mol. The predicted octanol–water partition coefficient (Wildman–Crippen LogP) is 4.74. The Morgan fingerprint density at radius 3 is 2.33 bits per heavy atom. The third kappa shape index (κ3) is 5.01. The number of benzene rings is 3. The van der Waals surface area contributed by atoms with E-state index in [-0.39, 0.29) is 17.9 Å². The molecule has 2 N–H and O–H groups in total. The van der Waals surface area contributed by atoms with Crippen LogP contribution in [0.2, 0.25) is 0 Å². The molecule has 0 bridgehead atoms. The molecule has 6 nitrogen and oxygen atoms in total. The van der Waals surface area contributed by atoms with Crippen LogP contribution in [0, 0.1) is 0 Å². The van der Waals surface area contributed by atoms with Gasteiger partial charge in [-0.15, -0.1) is 0 Å². The zero-order valence-corrected chi connectivity index (χ0v) is 18.1. The molecule has 0 atom stereocenters. The Morgan fingerprint density at radius 1 is 0.879 bits per heavy atom. The smallest absolute Gasteiger partial charge is 0.259 e. The van der Waals surface area contributed by atoms with Crippen LogP contribution in [0.25, 0.3) is 11.3 Å². The summed E-state index contributed by atoms with van der Waals surface area (Å²) in [5, 5.41) is 10.6. The van der Waals surface area contributed by atoms with Gasteiger partial charge in [0.15, 0.2) is 0 Å². The Labute approximate surface area is 192 Å². The van der Waals surface area contributed by atoms with Crippen molar-refractivity contribution in [2.45, 2.75) is 25.4 Å². The molecule has 0 aliphatic heterocycles. The van der Waals surface area contributed by atoms with Gasteiger partial charge in [0, 0.05) is 29.1 Å². The van der Waals surface area contributed by atoms with Gasteiger partial charge < -0.3 is 10.6 Å². The van der Waals surface area contributed by atoms with Gasteiger partial charge in [-0.25, -0.2) is 0 Å². The van der Waals surface area contributed by atoms with E-state index in [1.165, 1.54) is 0 Å². The molecule has 1 aliphatic carbocycles. The molecule has 6 heteroatoms. The first-order chi connectivity index (χ1) is 16.2. The summed E-state index contributed by atoms with van der Waals surface area (Å²) in [6.07, 6.45) is 3.82. The van der Waals surface area contributed by atoms with E-state index in [9.17, 15) is 9.59 Å². The number of nitrogens with one attached hydrogen (secondary N) is 2. The van der Waals surface area contributed by atoms with Crippen molar-refractivity contribution in [3.05, 3.63) is 108 Å². The van der Waals surface area contributed by atoms with Crippen LogP contribution in [0.1, 0.15) is 39.1 Å². The minimum Gasteiger partial charge on any atom is -0.349 e. The van der Waals surface area contributed by atoms with Crippen molar-refractivity contribution >= 4 is 17.5 Å². The molecule has 0 spiro atoms. The van der Waals surface area contributed by atoms with Gasteiger partial charge >= 0.3 is 0 Å². The summed E-state index contributed by atoms with van der Waals surface area (Å²) in [4.78, 5) is 25.7. The molecule has 1 saturated carbocycles. The van der Waals surface area contributed by atoms with E-state index in [0.29, 0.717) is 29.1 Å². The lowest BCUT2D eigenvalue weighted by molar-refractivity contribution is 0.0949. The van der Waals surface area contributed by atoms with Crippen LogP contribution in [0.5, 0.6) is 0 Å². The Bertz CT molecular complexity index is 1280. The highest BCUT2D eigenvalue weighted by molar-refractivity contribution is 6.08. The van der Waals surface area contributed by atoms with Gasteiger partial charge in [0.05, 0.1) is 12.1 Å². The highest BCUT2D eigenvalue weighted by atomic mass is 16.2. The average molecular weight is 437 g/mol. The van der Waals surface area contributed by atoms with Crippen LogP contribution >= 0.6 is 0 Å². The third-order valence-electron chi connectivity index (χ3n) is 5.54. The summed E-state index contributed by atoms with van der Waals surface area (Å²) >= 11 is 0. The summed E-state index contributed by atoms with van der Waals surface area (Å²) in [5.74, 6) is -0.387. The van der Waals surface area contributed by atoms with Crippen LogP contribution in [0.15, 0.2) is 91.1 Å². The fraction of sp³-hybridized carbons (Fsp3) is 0.148. The molecule has 1 heterocycles. The second-order valence-corrected chi connectivity index (χ2v) is 8.22. The second kappa shape index (κ2) is 9.12.